The second kappa shape index (κ2) is 5.06. The SMILES string of the molecule is CC(C)Oc1ccc(NC(=O)C2(C)CC2)c2ccccc12. The third kappa shape index (κ3) is 2.73. The lowest BCUT2D eigenvalue weighted by molar-refractivity contribution is -0.120. The van der Waals surface area contributed by atoms with Crippen molar-refractivity contribution < 1.29 is 9.53 Å². The molecule has 0 spiro atoms. The van der Waals surface area contributed by atoms with Gasteiger partial charge in [-0.05, 0) is 38.8 Å². The normalized spacial score (nSPS) is 16.0. The summed E-state index contributed by atoms with van der Waals surface area (Å²) in [6.07, 6.45) is 2.08. The minimum absolute atomic E-state index is 0.116. The number of rotatable bonds is 4. The van der Waals surface area contributed by atoms with E-state index in [0.717, 1.165) is 35.1 Å². The van der Waals surface area contributed by atoms with Crippen LogP contribution in [-0.4, -0.2) is 12.0 Å². The van der Waals surface area contributed by atoms with E-state index in [1.165, 1.54) is 0 Å². The quantitative estimate of drug-likeness (QED) is 0.905. The van der Waals surface area contributed by atoms with Gasteiger partial charge in [0.2, 0.25) is 5.91 Å². The highest BCUT2D eigenvalue weighted by Gasteiger charge is 2.44. The summed E-state index contributed by atoms with van der Waals surface area (Å²) in [6, 6.07) is 11.9. The van der Waals surface area contributed by atoms with Crippen LogP contribution < -0.4 is 10.1 Å². The molecule has 2 aromatic rings. The number of anilines is 1. The molecular formula is C18H21NO2. The Kier molecular flexibility index (Phi) is 3.36. The summed E-state index contributed by atoms with van der Waals surface area (Å²) >= 11 is 0. The molecule has 0 atom stereocenters. The van der Waals surface area contributed by atoms with Crippen molar-refractivity contribution >= 4 is 22.4 Å². The molecule has 1 N–H and O–H groups in total. The lowest BCUT2D eigenvalue weighted by atomic mass is 10.1. The number of hydrogen-bond donors (Lipinski definition) is 1. The number of amides is 1. The summed E-state index contributed by atoms with van der Waals surface area (Å²) < 4.78 is 5.85. The van der Waals surface area contributed by atoms with Crippen molar-refractivity contribution in [1.29, 1.82) is 0 Å². The molecular weight excluding hydrogens is 262 g/mol. The molecule has 3 heteroatoms. The number of carbonyl (C=O) groups excluding carboxylic acids is 1. The van der Waals surface area contributed by atoms with Crippen molar-refractivity contribution in [2.75, 3.05) is 5.32 Å². The molecule has 0 bridgehead atoms. The van der Waals surface area contributed by atoms with Crippen LogP contribution in [0, 0.1) is 5.41 Å². The van der Waals surface area contributed by atoms with Crippen LogP contribution in [0.1, 0.15) is 33.6 Å². The molecule has 1 saturated carbocycles. The van der Waals surface area contributed by atoms with E-state index in [9.17, 15) is 4.79 Å². The first-order valence-electron chi connectivity index (χ1n) is 7.49. The van der Waals surface area contributed by atoms with Crippen LogP contribution in [0.3, 0.4) is 0 Å². The van der Waals surface area contributed by atoms with Gasteiger partial charge in [0.25, 0.3) is 0 Å². The van der Waals surface area contributed by atoms with Gasteiger partial charge in [0.15, 0.2) is 0 Å². The summed E-state index contributed by atoms with van der Waals surface area (Å²) in [5.74, 6) is 0.974. The maximum atomic E-state index is 12.3. The predicted molar refractivity (Wildman–Crippen MR) is 85.7 cm³/mol. The minimum Gasteiger partial charge on any atom is -0.490 e. The average molecular weight is 283 g/mol. The van der Waals surface area contributed by atoms with Gasteiger partial charge >= 0.3 is 0 Å². The Balaban J connectivity index is 1.98. The predicted octanol–water partition coefficient (Wildman–Crippen LogP) is 4.37. The molecule has 0 aromatic heterocycles. The highest BCUT2D eigenvalue weighted by Crippen LogP contribution is 2.46. The Labute approximate surface area is 125 Å². The van der Waals surface area contributed by atoms with E-state index in [1.54, 1.807) is 0 Å². The van der Waals surface area contributed by atoms with Crippen molar-refractivity contribution in [2.45, 2.75) is 39.7 Å². The molecule has 2 aromatic carbocycles. The first-order valence-corrected chi connectivity index (χ1v) is 7.49. The molecule has 110 valence electrons. The van der Waals surface area contributed by atoms with Gasteiger partial charge < -0.3 is 10.1 Å². The summed E-state index contributed by atoms with van der Waals surface area (Å²) in [5, 5.41) is 5.13. The van der Waals surface area contributed by atoms with E-state index in [4.69, 9.17) is 4.74 Å². The van der Waals surface area contributed by atoms with Gasteiger partial charge in [-0.2, -0.15) is 0 Å². The summed E-state index contributed by atoms with van der Waals surface area (Å²) in [5.41, 5.74) is 0.689. The highest BCUT2D eigenvalue weighted by molar-refractivity contribution is 6.06. The maximum absolute atomic E-state index is 12.3. The highest BCUT2D eigenvalue weighted by atomic mass is 16.5. The molecule has 0 aliphatic heterocycles. The summed E-state index contributed by atoms with van der Waals surface area (Å²) in [7, 11) is 0. The monoisotopic (exact) mass is 283 g/mol. The van der Waals surface area contributed by atoms with Crippen LogP contribution in [0.15, 0.2) is 36.4 Å². The van der Waals surface area contributed by atoms with Crippen molar-refractivity contribution in [3.63, 3.8) is 0 Å². The molecule has 0 unspecified atom stereocenters. The third-order valence-electron chi connectivity index (χ3n) is 4.04. The van der Waals surface area contributed by atoms with Gasteiger partial charge in [-0.1, -0.05) is 31.2 Å². The van der Waals surface area contributed by atoms with Crippen LogP contribution in [-0.2, 0) is 4.79 Å². The second-order valence-corrected chi connectivity index (χ2v) is 6.34. The van der Waals surface area contributed by atoms with E-state index < -0.39 is 0 Å². The zero-order valence-electron chi connectivity index (χ0n) is 12.8. The van der Waals surface area contributed by atoms with E-state index in [2.05, 4.69) is 5.32 Å². The molecule has 0 radical (unpaired) electrons. The van der Waals surface area contributed by atoms with Crippen LogP contribution in [0.5, 0.6) is 5.75 Å². The van der Waals surface area contributed by atoms with Gasteiger partial charge in [0, 0.05) is 21.9 Å². The Hall–Kier alpha value is -2.03. The second-order valence-electron chi connectivity index (χ2n) is 6.34. The van der Waals surface area contributed by atoms with Crippen LogP contribution in [0.4, 0.5) is 5.69 Å². The molecule has 21 heavy (non-hydrogen) atoms. The van der Waals surface area contributed by atoms with Crippen LogP contribution >= 0.6 is 0 Å². The number of carbonyl (C=O) groups is 1. The fraction of sp³-hybridized carbons (Fsp3) is 0.389. The molecule has 1 aliphatic rings. The molecule has 3 nitrogen and oxygen atoms in total. The van der Waals surface area contributed by atoms with Gasteiger partial charge in [0.1, 0.15) is 5.75 Å². The van der Waals surface area contributed by atoms with Crippen molar-refractivity contribution in [1.82, 2.24) is 0 Å². The van der Waals surface area contributed by atoms with E-state index in [1.807, 2.05) is 57.2 Å². The van der Waals surface area contributed by atoms with E-state index >= 15 is 0 Å². The number of nitrogens with one attached hydrogen (secondary N) is 1. The Bertz CT molecular complexity index is 687. The van der Waals surface area contributed by atoms with Gasteiger partial charge in [-0.25, -0.2) is 0 Å². The van der Waals surface area contributed by atoms with Crippen molar-refractivity contribution in [3.05, 3.63) is 36.4 Å². The standard InChI is InChI=1S/C18H21NO2/c1-12(2)21-16-9-8-15(13-6-4-5-7-14(13)16)19-17(20)18(3)10-11-18/h4-9,12H,10-11H2,1-3H3,(H,19,20). The number of benzene rings is 2. The zero-order chi connectivity index (χ0) is 15.0. The van der Waals surface area contributed by atoms with Crippen LogP contribution in [0.25, 0.3) is 10.8 Å². The van der Waals surface area contributed by atoms with E-state index in [-0.39, 0.29) is 17.4 Å². The number of hydrogen-bond acceptors (Lipinski definition) is 2. The lowest BCUT2D eigenvalue weighted by Crippen LogP contribution is -2.21. The minimum atomic E-state index is -0.172. The average Bonchev–Trinajstić information content (AvgIpc) is 3.20. The van der Waals surface area contributed by atoms with E-state index in [0.29, 0.717) is 0 Å². The topological polar surface area (TPSA) is 38.3 Å². The fourth-order valence-electron chi connectivity index (χ4n) is 2.42. The Morgan fingerprint density at radius 3 is 2.43 bits per heavy atom. The van der Waals surface area contributed by atoms with Crippen molar-refractivity contribution in [3.8, 4) is 5.75 Å². The zero-order valence-corrected chi connectivity index (χ0v) is 12.8. The Morgan fingerprint density at radius 1 is 1.14 bits per heavy atom. The molecule has 1 amide bonds. The first-order chi connectivity index (χ1) is 9.99. The molecule has 1 aliphatic carbocycles. The number of ether oxygens (including phenoxy) is 1. The maximum Gasteiger partial charge on any atom is 0.230 e. The molecule has 3 rings (SSSR count). The molecule has 0 heterocycles. The summed E-state index contributed by atoms with van der Waals surface area (Å²) in [6.45, 7) is 6.04. The first kappa shape index (κ1) is 13.9. The lowest BCUT2D eigenvalue weighted by Gasteiger charge is -2.16. The molecule has 0 saturated heterocycles. The Morgan fingerprint density at radius 2 is 1.81 bits per heavy atom. The third-order valence-corrected chi connectivity index (χ3v) is 4.04. The largest absolute Gasteiger partial charge is 0.490 e. The number of fused-ring (bicyclic) bond motifs is 1. The molecule has 1 fully saturated rings. The summed E-state index contributed by atoms with van der Waals surface area (Å²) in [4.78, 5) is 12.3. The smallest absolute Gasteiger partial charge is 0.230 e. The van der Waals surface area contributed by atoms with Gasteiger partial charge in [0.05, 0.1) is 6.10 Å². The fourth-order valence-corrected chi connectivity index (χ4v) is 2.42. The van der Waals surface area contributed by atoms with Gasteiger partial charge in [-0.15, -0.1) is 0 Å². The van der Waals surface area contributed by atoms with Crippen LogP contribution in [0.2, 0.25) is 0 Å². The van der Waals surface area contributed by atoms with Crippen molar-refractivity contribution in [2.24, 2.45) is 5.41 Å². The van der Waals surface area contributed by atoms with Gasteiger partial charge in [-0.3, -0.25) is 4.79 Å².